The maximum atomic E-state index is 6.01. The van der Waals surface area contributed by atoms with Crippen molar-refractivity contribution in [2.75, 3.05) is 7.11 Å². The van der Waals surface area contributed by atoms with Crippen molar-refractivity contribution in [2.24, 2.45) is 0 Å². The Morgan fingerprint density at radius 3 is 2.59 bits per heavy atom. The molecule has 0 unspecified atom stereocenters. The smallest absolute Gasteiger partial charge is 0.147 e. The average molecular weight is 268 g/mol. The molecule has 4 heteroatoms. The van der Waals surface area contributed by atoms with Gasteiger partial charge in [-0.1, -0.05) is 29.3 Å². The zero-order valence-corrected chi connectivity index (χ0v) is 10.5. The summed E-state index contributed by atoms with van der Waals surface area (Å²) in [5, 5.41) is 0.844. The summed E-state index contributed by atoms with van der Waals surface area (Å²) in [7, 11) is 1.59. The lowest BCUT2D eigenvalue weighted by Gasteiger charge is -2.08. The Kier molecular flexibility index (Phi) is 3.77. The van der Waals surface area contributed by atoms with Crippen LogP contribution < -0.4 is 9.47 Å². The van der Waals surface area contributed by atoms with Crippen LogP contribution in [0.1, 0.15) is 0 Å². The van der Waals surface area contributed by atoms with Gasteiger partial charge in [-0.15, -0.1) is 0 Å². The Morgan fingerprint density at radius 1 is 1.12 bits per heavy atom. The average Bonchev–Trinajstić information content (AvgIpc) is 2.36. The first-order valence-electron chi connectivity index (χ1n) is 4.88. The summed E-state index contributed by atoms with van der Waals surface area (Å²) in [6.45, 7) is 0. The third-order valence-electron chi connectivity index (χ3n) is 2.13. The minimum Gasteiger partial charge on any atom is -0.497 e. The largest absolute Gasteiger partial charge is 0.497 e. The van der Waals surface area contributed by atoms with Crippen LogP contribution in [-0.2, 0) is 0 Å². The highest BCUT2D eigenvalue weighted by Gasteiger charge is 2.06. The second-order valence-corrected chi connectivity index (χ2v) is 4.03. The molecule has 0 N–H and O–H groups in total. The van der Waals surface area contributed by atoms with E-state index in [-0.39, 0.29) is 0 Å². The molecular formula is C13H9Cl2O2. The van der Waals surface area contributed by atoms with Gasteiger partial charge in [-0.3, -0.25) is 0 Å². The molecule has 17 heavy (non-hydrogen) atoms. The van der Waals surface area contributed by atoms with Crippen molar-refractivity contribution in [1.82, 2.24) is 0 Å². The van der Waals surface area contributed by atoms with Crippen molar-refractivity contribution in [3.8, 4) is 17.2 Å². The predicted octanol–water partition coefficient (Wildman–Crippen LogP) is 4.59. The van der Waals surface area contributed by atoms with E-state index in [0.717, 1.165) is 5.75 Å². The molecule has 0 atom stereocenters. The van der Waals surface area contributed by atoms with E-state index in [1.807, 2.05) is 0 Å². The predicted molar refractivity (Wildman–Crippen MR) is 68.4 cm³/mol. The van der Waals surface area contributed by atoms with Crippen LogP contribution in [0.3, 0.4) is 0 Å². The molecule has 2 aromatic carbocycles. The van der Waals surface area contributed by atoms with Crippen LogP contribution in [0.15, 0.2) is 36.4 Å². The highest BCUT2D eigenvalue weighted by atomic mass is 35.5. The van der Waals surface area contributed by atoms with Gasteiger partial charge in [0.05, 0.1) is 12.1 Å². The fraction of sp³-hybridized carbons (Fsp3) is 0.0769. The first kappa shape index (κ1) is 12.1. The molecule has 0 saturated carbocycles. The SMILES string of the molecule is COc1c[c]c(Oc2cccc(Cl)c2Cl)cc1. The molecule has 0 aliphatic heterocycles. The van der Waals surface area contributed by atoms with E-state index < -0.39 is 0 Å². The van der Waals surface area contributed by atoms with E-state index in [1.54, 1.807) is 43.5 Å². The number of hydrogen-bond donors (Lipinski definition) is 0. The Labute approximate surface area is 110 Å². The summed E-state index contributed by atoms with van der Waals surface area (Å²) in [5.41, 5.74) is 0. The summed E-state index contributed by atoms with van der Waals surface area (Å²) >= 11 is 11.9. The quantitative estimate of drug-likeness (QED) is 0.810. The van der Waals surface area contributed by atoms with Crippen LogP contribution in [0.5, 0.6) is 17.2 Å². The van der Waals surface area contributed by atoms with Crippen LogP contribution in [0.2, 0.25) is 10.0 Å². The summed E-state index contributed by atoms with van der Waals surface area (Å²) < 4.78 is 10.6. The van der Waals surface area contributed by atoms with Gasteiger partial charge in [0.15, 0.2) is 0 Å². The van der Waals surface area contributed by atoms with Crippen molar-refractivity contribution in [1.29, 1.82) is 0 Å². The Morgan fingerprint density at radius 2 is 1.94 bits per heavy atom. The van der Waals surface area contributed by atoms with Crippen molar-refractivity contribution in [2.45, 2.75) is 0 Å². The van der Waals surface area contributed by atoms with Crippen molar-refractivity contribution in [3.63, 3.8) is 0 Å². The lowest BCUT2D eigenvalue weighted by Crippen LogP contribution is -1.87. The highest BCUT2D eigenvalue weighted by molar-refractivity contribution is 6.42. The molecule has 0 amide bonds. The molecule has 0 saturated heterocycles. The van der Waals surface area contributed by atoms with Gasteiger partial charge in [-0.25, -0.2) is 0 Å². The third kappa shape index (κ3) is 2.84. The molecule has 0 aromatic heterocycles. The molecule has 0 fully saturated rings. The first-order chi connectivity index (χ1) is 8.20. The molecule has 2 nitrogen and oxygen atoms in total. The summed E-state index contributed by atoms with van der Waals surface area (Å²) in [5.74, 6) is 1.77. The summed E-state index contributed by atoms with van der Waals surface area (Å²) in [6, 6.07) is 13.4. The highest BCUT2D eigenvalue weighted by Crippen LogP contribution is 2.34. The third-order valence-corrected chi connectivity index (χ3v) is 2.93. The van der Waals surface area contributed by atoms with Gasteiger partial charge in [0.1, 0.15) is 22.3 Å². The van der Waals surface area contributed by atoms with Gasteiger partial charge in [0.25, 0.3) is 0 Å². The molecule has 87 valence electrons. The van der Waals surface area contributed by atoms with Gasteiger partial charge in [-0.05, 0) is 30.3 Å². The Bertz CT molecular complexity index is 509. The van der Waals surface area contributed by atoms with Crippen molar-refractivity contribution in [3.05, 3.63) is 52.5 Å². The molecule has 1 radical (unpaired) electrons. The molecule has 0 spiro atoms. The number of benzene rings is 2. The fourth-order valence-electron chi connectivity index (χ4n) is 1.27. The molecule has 2 rings (SSSR count). The van der Waals surface area contributed by atoms with Gasteiger partial charge in [-0.2, -0.15) is 0 Å². The Hall–Kier alpha value is -1.38. The van der Waals surface area contributed by atoms with Crippen molar-refractivity contribution < 1.29 is 9.47 Å². The van der Waals surface area contributed by atoms with Crippen LogP contribution in [0.25, 0.3) is 0 Å². The zero-order chi connectivity index (χ0) is 12.3. The topological polar surface area (TPSA) is 18.5 Å². The van der Waals surface area contributed by atoms with E-state index in [0.29, 0.717) is 21.5 Å². The van der Waals surface area contributed by atoms with E-state index in [1.165, 1.54) is 0 Å². The summed E-state index contributed by atoms with van der Waals surface area (Å²) in [6.07, 6.45) is 0. The normalized spacial score (nSPS) is 10.1. The first-order valence-corrected chi connectivity index (χ1v) is 5.64. The molecular weight excluding hydrogens is 259 g/mol. The zero-order valence-electron chi connectivity index (χ0n) is 9.04. The monoisotopic (exact) mass is 267 g/mol. The molecule has 0 aliphatic rings. The standard InChI is InChI=1S/C13H9Cl2O2/c1-16-9-5-7-10(8-6-9)17-12-4-2-3-11(14)13(12)15/h2-7H,1H3. The van der Waals surface area contributed by atoms with Gasteiger partial charge in [0.2, 0.25) is 0 Å². The molecule has 0 heterocycles. The lowest BCUT2D eigenvalue weighted by molar-refractivity contribution is 0.412. The number of rotatable bonds is 3. The minimum absolute atomic E-state index is 0.387. The van der Waals surface area contributed by atoms with Gasteiger partial charge < -0.3 is 9.47 Å². The minimum atomic E-state index is 0.387. The number of methoxy groups -OCH3 is 1. The van der Waals surface area contributed by atoms with Gasteiger partial charge in [0, 0.05) is 6.07 Å². The number of halogens is 2. The van der Waals surface area contributed by atoms with Crippen LogP contribution in [0, 0.1) is 6.07 Å². The van der Waals surface area contributed by atoms with E-state index >= 15 is 0 Å². The van der Waals surface area contributed by atoms with E-state index in [9.17, 15) is 0 Å². The van der Waals surface area contributed by atoms with Crippen LogP contribution >= 0.6 is 23.2 Å². The fourth-order valence-corrected chi connectivity index (χ4v) is 1.60. The molecule has 2 aromatic rings. The number of ether oxygens (including phenoxy) is 2. The maximum Gasteiger partial charge on any atom is 0.147 e. The van der Waals surface area contributed by atoms with Crippen LogP contribution in [0.4, 0.5) is 0 Å². The molecule has 0 bridgehead atoms. The summed E-state index contributed by atoms with van der Waals surface area (Å²) in [4.78, 5) is 0. The second kappa shape index (κ2) is 5.30. The Balaban J connectivity index is 2.22. The number of hydrogen-bond acceptors (Lipinski definition) is 2. The molecule has 0 aliphatic carbocycles. The van der Waals surface area contributed by atoms with Gasteiger partial charge >= 0.3 is 0 Å². The lowest BCUT2D eigenvalue weighted by atomic mass is 10.3. The second-order valence-electron chi connectivity index (χ2n) is 3.25. The van der Waals surface area contributed by atoms with Crippen molar-refractivity contribution >= 4 is 23.2 Å². The van der Waals surface area contributed by atoms with Crippen LogP contribution in [-0.4, -0.2) is 7.11 Å². The van der Waals surface area contributed by atoms with E-state index in [4.69, 9.17) is 32.7 Å². The van der Waals surface area contributed by atoms with E-state index in [2.05, 4.69) is 6.07 Å². The maximum absolute atomic E-state index is 6.01.